The van der Waals surface area contributed by atoms with Crippen LogP contribution in [0.2, 0.25) is 0 Å². The van der Waals surface area contributed by atoms with Gasteiger partial charge in [0.15, 0.2) is 0 Å². The molecule has 1 N–H and O–H groups in total. The Hall–Kier alpha value is -0.200. The molecule has 0 bridgehead atoms. The molecule has 0 heterocycles. The van der Waals surface area contributed by atoms with Gasteiger partial charge in [-0.05, 0) is 19.3 Å². The molecule has 0 spiro atoms. The molecule has 0 aromatic heterocycles. The van der Waals surface area contributed by atoms with Crippen LogP contribution in [0.25, 0.3) is 0 Å². The summed E-state index contributed by atoms with van der Waals surface area (Å²) in [6, 6.07) is 0. The number of ether oxygens (including phenoxy) is 4. The summed E-state index contributed by atoms with van der Waals surface area (Å²) in [5, 5.41) is 9.04. The predicted molar refractivity (Wildman–Crippen MR) is 111 cm³/mol. The minimum atomic E-state index is -1.14. The Morgan fingerprint density at radius 1 is 0.556 bits per heavy atom. The van der Waals surface area contributed by atoms with Crippen molar-refractivity contribution in [3.8, 4) is 0 Å². The van der Waals surface area contributed by atoms with Crippen molar-refractivity contribution in [1.82, 2.24) is 0 Å². The molecule has 0 amide bonds. The lowest BCUT2D eigenvalue weighted by atomic mass is 10.2. The Balaban J connectivity index is 4.61. The van der Waals surface area contributed by atoms with Crippen molar-refractivity contribution in [2.75, 3.05) is 39.6 Å². The van der Waals surface area contributed by atoms with Gasteiger partial charge in [0, 0.05) is 0 Å². The first-order valence-corrected chi connectivity index (χ1v) is 11.3. The van der Waals surface area contributed by atoms with Gasteiger partial charge >= 0.3 is 5.97 Å². The molecule has 0 aliphatic carbocycles. The molecule has 164 valence electrons. The summed E-state index contributed by atoms with van der Waals surface area (Å²) in [6.07, 6.45) is 13.7. The zero-order valence-corrected chi connectivity index (χ0v) is 18.3. The zero-order chi connectivity index (χ0) is 20.1. The highest BCUT2D eigenvalue weighted by Crippen LogP contribution is 2.20. The van der Waals surface area contributed by atoms with Crippen LogP contribution in [0.1, 0.15) is 97.8 Å². The largest absolute Gasteiger partial charge is 0.394 e. The molecule has 0 aliphatic rings. The summed E-state index contributed by atoms with van der Waals surface area (Å²) in [6.45, 7) is 8.86. The highest BCUT2D eigenvalue weighted by Gasteiger charge is 2.34. The van der Waals surface area contributed by atoms with Crippen molar-refractivity contribution in [1.29, 1.82) is 0 Å². The van der Waals surface area contributed by atoms with E-state index in [9.17, 15) is 0 Å². The Labute approximate surface area is 168 Å². The number of hydrogen-bond donors (Lipinski definition) is 1. The quantitative estimate of drug-likeness (QED) is 0.197. The molecular formula is C22H46O5. The van der Waals surface area contributed by atoms with E-state index in [1.165, 1.54) is 38.5 Å². The van der Waals surface area contributed by atoms with Crippen LogP contribution in [0.5, 0.6) is 0 Å². The number of rotatable bonds is 22. The summed E-state index contributed by atoms with van der Waals surface area (Å²) < 4.78 is 23.8. The molecule has 0 aliphatic heterocycles. The van der Waals surface area contributed by atoms with Gasteiger partial charge in [0.1, 0.15) is 6.61 Å². The highest BCUT2D eigenvalue weighted by atomic mass is 16.9. The molecule has 0 aromatic rings. The summed E-state index contributed by atoms with van der Waals surface area (Å²) in [7, 11) is 0. The van der Waals surface area contributed by atoms with Gasteiger partial charge in [0.25, 0.3) is 0 Å². The summed E-state index contributed by atoms with van der Waals surface area (Å²) in [5.74, 6) is -1.14. The van der Waals surface area contributed by atoms with E-state index in [0.29, 0.717) is 19.8 Å². The molecule has 0 rings (SSSR count). The van der Waals surface area contributed by atoms with Gasteiger partial charge < -0.3 is 24.1 Å². The lowest BCUT2D eigenvalue weighted by molar-refractivity contribution is -0.395. The molecule has 0 unspecified atom stereocenters. The molecule has 5 nitrogen and oxygen atoms in total. The molecule has 0 fully saturated rings. The van der Waals surface area contributed by atoms with Gasteiger partial charge in [0.2, 0.25) is 0 Å². The molecule has 27 heavy (non-hydrogen) atoms. The fourth-order valence-electron chi connectivity index (χ4n) is 2.78. The van der Waals surface area contributed by atoms with Crippen LogP contribution in [-0.4, -0.2) is 50.7 Å². The first kappa shape index (κ1) is 26.8. The molecule has 0 atom stereocenters. The fraction of sp³-hybridized carbons (Fsp3) is 1.00. The molecule has 0 radical (unpaired) electrons. The number of aliphatic hydroxyl groups is 1. The lowest BCUT2D eigenvalue weighted by Crippen LogP contribution is -2.45. The smallest absolute Gasteiger partial charge is 0.307 e. The van der Waals surface area contributed by atoms with Gasteiger partial charge in [-0.25, -0.2) is 0 Å². The molecular weight excluding hydrogens is 344 g/mol. The number of unbranched alkanes of at least 4 members (excludes halogenated alkanes) is 9. The van der Waals surface area contributed by atoms with E-state index in [1.54, 1.807) is 0 Å². The zero-order valence-electron chi connectivity index (χ0n) is 18.3. The van der Waals surface area contributed by atoms with Crippen LogP contribution in [-0.2, 0) is 18.9 Å². The topological polar surface area (TPSA) is 57.2 Å². The minimum absolute atomic E-state index is 0.0143. The fourth-order valence-corrected chi connectivity index (χ4v) is 2.78. The van der Waals surface area contributed by atoms with E-state index in [4.69, 9.17) is 24.1 Å². The van der Waals surface area contributed by atoms with Gasteiger partial charge in [-0.2, -0.15) is 0 Å². The Bertz CT molecular complexity index is 250. The van der Waals surface area contributed by atoms with Crippen molar-refractivity contribution >= 4 is 0 Å². The Morgan fingerprint density at radius 2 is 0.963 bits per heavy atom. The van der Waals surface area contributed by atoms with E-state index in [1.807, 2.05) is 0 Å². The van der Waals surface area contributed by atoms with E-state index in [2.05, 4.69) is 20.8 Å². The van der Waals surface area contributed by atoms with Gasteiger partial charge in [-0.1, -0.05) is 78.6 Å². The first-order valence-electron chi connectivity index (χ1n) is 11.3. The van der Waals surface area contributed by atoms with E-state index < -0.39 is 5.97 Å². The standard InChI is InChI=1S/C22H46O5/c1-4-7-10-13-17-25-22(21-24-20-16-23,26-18-14-11-8-5-2)27-19-15-12-9-6-3/h23H,4-21H2,1-3H3. The lowest BCUT2D eigenvalue weighted by Gasteiger charge is -2.33. The summed E-state index contributed by atoms with van der Waals surface area (Å²) in [4.78, 5) is 0. The molecule has 0 saturated carbocycles. The molecule has 0 aromatic carbocycles. The normalized spacial score (nSPS) is 12.0. The van der Waals surface area contributed by atoms with Crippen molar-refractivity contribution in [2.24, 2.45) is 0 Å². The van der Waals surface area contributed by atoms with Gasteiger partial charge in [-0.15, -0.1) is 0 Å². The summed E-state index contributed by atoms with van der Waals surface area (Å²) in [5.41, 5.74) is 0. The van der Waals surface area contributed by atoms with Gasteiger partial charge in [-0.3, -0.25) is 0 Å². The number of hydrogen-bond acceptors (Lipinski definition) is 5. The SMILES string of the molecule is CCCCCCOC(COCCO)(OCCCCCC)OCCCCCC. The predicted octanol–water partition coefficient (Wildman–Crippen LogP) is 5.44. The highest BCUT2D eigenvalue weighted by molar-refractivity contribution is 4.59. The third-order valence-corrected chi connectivity index (χ3v) is 4.47. The Morgan fingerprint density at radius 3 is 1.30 bits per heavy atom. The van der Waals surface area contributed by atoms with Crippen molar-refractivity contribution in [2.45, 2.75) is 104 Å². The second-order valence-electron chi connectivity index (χ2n) is 7.19. The average molecular weight is 391 g/mol. The van der Waals surface area contributed by atoms with Crippen LogP contribution in [0.15, 0.2) is 0 Å². The maximum absolute atomic E-state index is 9.04. The van der Waals surface area contributed by atoms with E-state index in [-0.39, 0.29) is 19.8 Å². The molecule has 5 heteroatoms. The number of aliphatic hydroxyl groups excluding tert-OH is 1. The van der Waals surface area contributed by atoms with Crippen molar-refractivity contribution in [3.63, 3.8) is 0 Å². The van der Waals surface area contributed by atoms with Crippen LogP contribution >= 0.6 is 0 Å². The minimum Gasteiger partial charge on any atom is -0.394 e. The molecule has 0 saturated heterocycles. The Kier molecular flexibility index (Phi) is 20.4. The van der Waals surface area contributed by atoms with E-state index >= 15 is 0 Å². The van der Waals surface area contributed by atoms with E-state index in [0.717, 1.165) is 38.5 Å². The van der Waals surface area contributed by atoms with Crippen LogP contribution in [0, 0.1) is 0 Å². The van der Waals surface area contributed by atoms with Crippen molar-refractivity contribution in [3.05, 3.63) is 0 Å². The average Bonchev–Trinajstić information content (AvgIpc) is 2.67. The first-order chi connectivity index (χ1) is 13.2. The third-order valence-electron chi connectivity index (χ3n) is 4.47. The van der Waals surface area contributed by atoms with Crippen molar-refractivity contribution < 1.29 is 24.1 Å². The second kappa shape index (κ2) is 20.5. The van der Waals surface area contributed by atoms with Gasteiger partial charge in [0.05, 0.1) is 33.0 Å². The van der Waals surface area contributed by atoms with Crippen LogP contribution in [0.3, 0.4) is 0 Å². The van der Waals surface area contributed by atoms with Crippen LogP contribution in [0.4, 0.5) is 0 Å². The second-order valence-corrected chi connectivity index (χ2v) is 7.19. The maximum atomic E-state index is 9.04. The van der Waals surface area contributed by atoms with Crippen LogP contribution < -0.4 is 0 Å². The monoisotopic (exact) mass is 390 g/mol. The third kappa shape index (κ3) is 16.5. The maximum Gasteiger partial charge on any atom is 0.307 e. The summed E-state index contributed by atoms with van der Waals surface area (Å²) >= 11 is 0.